The molecule has 0 radical (unpaired) electrons. The third-order valence-electron chi connectivity index (χ3n) is 4.50. The summed E-state index contributed by atoms with van der Waals surface area (Å²) in [5.41, 5.74) is 5.01. The quantitative estimate of drug-likeness (QED) is 0.778. The van der Waals surface area contributed by atoms with E-state index in [0.29, 0.717) is 12.8 Å². The molecular formula is C20H22O3. The summed E-state index contributed by atoms with van der Waals surface area (Å²) in [7, 11) is 1.42. The summed E-state index contributed by atoms with van der Waals surface area (Å²) in [4.78, 5) is 11.3. The summed E-state index contributed by atoms with van der Waals surface area (Å²) >= 11 is 0. The van der Waals surface area contributed by atoms with Crippen LogP contribution < -0.4 is 4.74 Å². The van der Waals surface area contributed by atoms with Gasteiger partial charge in [0, 0.05) is 6.42 Å². The van der Waals surface area contributed by atoms with E-state index in [0.717, 1.165) is 29.7 Å². The summed E-state index contributed by atoms with van der Waals surface area (Å²) in [6.07, 6.45) is 3.37. The zero-order chi connectivity index (χ0) is 16.2. The zero-order valence-electron chi connectivity index (χ0n) is 13.7. The second-order valence-corrected chi connectivity index (χ2v) is 6.01. The van der Waals surface area contributed by atoms with Gasteiger partial charge in [-0.3, -0.25) is 4.79 Å². The molecule has 1 atom stereocenters. The molecule has 2 aromatic rings. The fourth-order valence-corrected chi connectivity index (χ4v) is 3.17. The number of methoxy groups -OCH3 is 1. The highest BCUT2D eigenvalue weighted by Crippen LogP contribution is 2.35. The van der Waals surface area contributed by atoms with Gasteiger partial charge in [0.2, 0.25) is 0 Å². The minimum absolute atomic E-state index is 0.145. The predicted octanol–water partition coefficient (Wildman–Crippen LogP) is 4.17. The molecule has 3 heteroatoms. The number of benzene rings is 2. The molecule has 0 saturated carbocycles. The number of fused-ring (bicyclic) bond motifs is 1. The highest BCUT2D eigenvalue weighted by Gasteiger charge is 2.23. The second kappa shape index (κ2) is 6.86. The van der Waals surface area contributed by atoms with Crippen LogP contribution in [0.15, 0.2) is 42.5 Å². The molecule has 0 aromatic heterocycles. The van der Waals surface area contributed by atoms with Gasteiger partial charge in [-0.2, -0.15) is 0 Å². The minimum Gasteiger partial charge on any atom is -0.486 e. The van der Waals surface area contributed by atoms with E-state index in [1.54, 1.807) is 0 Å². The maximum absolute atomic E-state index is 11.3. The average molecular weight is 310 g/mol. The molecule has 0 N–H and O–H groups in total. The summed E-state index contributed by atoms with van der Waals surface area (Å²) in [5.74, 6) is 0.721. The smallest absolute Gasteiger partial charge is 0.305 e. The van der Waals surface area contributed by atoms with Gasteiger partial charge in [0.15, 0.2) is 0 Å². The van der Waals surface area contributed by atoms with Crippen LogP contribution in [-0.4, -0.2) is 13.1 Å². The molecule has 0 amide bonds. The second-order valence-electron chi connectivity index (χ2n) is 6.01. The normalized spacial score (nSPS) is 16.0. The molecule has 0 saturated heterocycles. The Bertz CT molecular complexity index is 706. The molecule has 1 aliphatic rings. The predicted molar refractivity (Wildman–Crippen MR) is 89.6 cm³/mol. The topological polar surface area (TPSA) is 35.5 Å². The van der Waals surface area contributed by atoms with Crippen LogP contribution in [0.5, 0.6) is 5.75 Å². The van der Waals surface area contributed by atoms with E-state index in [9.17, 15) is 4.79 Å². The van der Waals surface area contributed by atoms with Crippen molar-refractivity contribution in [2.75, 3.05) is 7.11 Å². The van der Waals surface area contributed by atoms with Gasteiger partial charge in [-0.15, -0.1) is 0 Å². The molecule has 3 nitrogen and oxygen atoms in total. The van der Waals surface area contributed by atoms with Crippen LogP contribution in [0, 0.1) is 6.92 Å². The van der Waals surface area contributed by atoms with E-state index in [-0.39, 0.29) is 12.1 Å². The number of ether oxygens (including phenoxy) is 2. The molecule has 23 heavy (non-hydrogen) atoms. The van der Waals surface area contributed by atoms with E-state index < -0.39 is 0 Å². The van der Waals surface area contributed by atoms with Crippen molar-refractivity contribution < 1.29 is 14.3 Å². The van der Waals surface area contributed by atoms with Crippen LogP contribution in [0.25, 0.3) is 0 Å². The fourth-order valence-electron chi connectivity index (χ4n) is 3.17. The van der Waals surface area contributed by atoms with Gasteiger partial charge in [0.1, 0.15) is 11.9 Å². The summed E-state index contributed by atoms with van der Waals surface area (Å²) < 4.78 is 10.9. The first kappa shape index (κ1) is 15.6. The Balaban J connectivity index is 1.68. The number of carbonyl (C=O) groups is 1. The molecule has 120 valence electrons. The van der Waals surface area contributed by atoms with Crippen LogP contribution >= 0.6 is 0 Å². The third-order valence-corrected chi connectivity index (χ3v) is 4.50. The van der Waals surface area contributed by atoms with Crippen LogP contribution in [0.3, 0.4) is 0 Å². The molecule has 1 unspecified atom stereocenters. The van der Waals surface area contributed by atoms with Crippen LogP contribution in [0.4, 0.5) is 0 Å². The largest absolute Gasteiger partial charge is 0.486 e. The van der Waals surface area contributed by atoms with Crippen molar-refractivity contribution in [3.05, 3.63) is 64.7 Å². The third kappa shape index (κ3) is 3.55. The lowest BCUT2D eigenvalue weighted by Crippen LogP contribution is -2.05. The van der Waals surface area contributed by atoms with Gasteiger partial charge in [-0.1, -0.05) is 30.3 Å². The van der Waals surface area contributed by atoms with Crippen molar-refractivity contribution in [2.24, 2.45) is 0 Å². The molecule has 1 aliphatic carbocycles. The Morgan fingerprint density at radius 1 is 1.22 bits per heavy atom. The number of hydrogen-bond donors (Lipinski definition) is 0. The Kier molecular flexibility index (Phi) is 4.65. The average Bonchev–Trinajstić information content (AvgIpc) is 2.97. The Labute approximate surface area is 137 Å². The molecule has 0 heterocycles. The summed E-state index contributed by atoms with van der Waals surface area (Å²) in [6.45, 7) is 2.06. The zero-order valence-corrected chi connectivity index (χ0v) is 13.7. The maximum Gasteiger partial charge on any atom is 0.305 e. The SMILES string of the molecule is COC(=O)CCc1ccc(OC2CCc3ccccc32)cc1C. The van der Waals surface area contributed by atoms with Crippen LogP contribution in [0.2, 0.25) is 0 Å². The minimum atomic E-state index is -0.174. The van der Waals surface area contributed by atoms with E-state index in [2.05, 4.69) is 43.3 Å². The lowest BCUT2D eigenvalue weighted by Gasteiger charge is -2.16. The number of aryl methyl sites for hydroxylation is 3. The van der Waals surface area contributed by atoms with Crippen molar-refractivity contribution >= 4 is 5.97 Å². The lowest BCUT2D eigenvalue weighted by molar-refractivity contribution is -0.140. The van der Waals surface area contributed by atoms with Gasteiger partial charge in [0.25, 0.3) is 0 Å². The molecule has 0 spiro atoms. The Hall–Kier alpha value is -2.29. The molecular weight excluding hydrogens is 288 g/mol. The fraction of sp³-hybridized carbons (Fsp3) is 0.350. The van der Waals surface area contributed by atoms with Crippen molar-refractivity contribution in [2.45, 2.75) is 38.7 Å². The van der Waals surface area contributed by atoms with Gasteiger partial charge in [-0.25, -0.2) is 0 Å². The highest BCUT2D eigenvalue weighted by atomic mass is 16.5. The van der Waals surface area contributed by atoms with Crippen molar-refractivity contribution in [1.82, 2.24) is 0 Å². The lowest BCUT2D eigenvalue weighted by atomic mass is 10.0. The first-order valence-corrected chi connectivity index (χ1v) is 8.08. The highest BCUT2D eigenvalue weighted by molar-refractivity contribution is 5.69. The van der Waals surface area contributed by atoms with Crippen LogP contribution in [-0.2, 0) is 22.4 Å². The van der Waals surface area contributed by atoms with E-state index in [4.69, 9.17) is 9.47 Å². The Morgan fingerprint density at radius 2 is 2.04 bits per heavy atom. The standard InChI is InChI=1S/C20H22O3/c1-14-13-17(10-7-15(14)9-12-20(21)22-2)23-19-11-8-16-5-3-4-6-18(16)19/h3-7,10,13,19H,8-9,11-12H2,1-2H3. The molecule has 2 aromatic carbocycles. The number of carbonyl (C=O) groups excluding carboxylic acids is 1. The molecule has 0 fully saturated rings. The van der Waals surface area contributed by atoms with Crippen molar-refractivity contribution in [3.8, 4) is 5.75 Å². The monoisotopic (exact) mass is 310 g/mol. The number of hydrogen-bond acceptors (Lipinski definition) is 3. The Morgan fingerprint density at radius 3 is 2.83 bits per heavy atom. The molecule has 3 rings (SSSR count). The van der Waals surface area contributed by atoms with Gasteiger partial charge >= 0.3 is 5.97 Å². The maximum atomic E-state index is 11.3. The summed E-state index contributed by atoms with van der Waals surface area (Å²) in [6, 6.07) is 14.6. The van der Waals surface area contributed by atoms with Gasteiger partial charge < -0.3 is 9.47 Å². The molecule has 0 aliphatic heterocycles. The first-order valence-electron chi connectivity index (χ1n) is 8.08. The summed E-state index contributed by atoms with van der Waals surface area (Å²) in [5, 5.41) is 0. The number of esters is 1. The van der Waals surface area contributed by atoms with Gasteiger partial charge in [-0.05, 0) is 60.6 Å². The van der Waals surface area contributed by atoms with E-state index in [1.165, 1.54) is 18.2 Å². The molecule has 0 bridgehead atoms. The van der Waals surface area contributed by atoms with Crippen molar-refractivity contribution in [1.29, 1.82) is 0 Å². The van der Waals surface area contributed by atoms with Crippen LogP contribution in [0.1, 0.15) is 41.2 Å². The van der Waals surface area contributed by atoms with Crippen molar-refractivity contribution in [3.63, 3.8) is 0 Å². The first-order chi connectivity index (χ1) is 11.2. The number of rotatable bonds is 5. The van der Waals surface area contributed by atoms with E-state index >= 15 is 0 Å². The van der Waals surface area contributed by atoms with E-state index in [1.807, 2.05) is 6.07 Å². The van der Waals surface area contributed by atoms with Gasteiger partial charge in [0.05, 0.1) is 7.11 Å².